The fourth-order valence-electron chi connectivity index (χ4n) is 1.25. The number of benzene rings is 1. The minimum atomic E-state index is -0.166. The summed E-state index contributed by atoms with van der Waals surface area (Å²) in [5, 5.41) is 1.25. The molecule has 3 nitrogen and oxygen atoms in total. The zero-order valence-corrected chi connectivity index (χ0v) is 8.73. The van der Waals surface area contributed by atoms with Gasteiger partial charge in [0, 0.05) is 7.05 Å². The predicted molar refractivity (Wildman–Crippen MR) is 54.6 cm³/mol. The van der Waals surface area contributed by atoms with E-state index in [-0.39, 0.29) is 11.8 Å². The molecule has 0 aliphatic heterocycles. The number of hydrogen-bond donors (Lipinski definition) is 0. The summed E-state index contributed by atoms with van der Waals surface area (Å²) in [5.74, 6) is -0.208. The molecule has 1 aromatic carbocycles. The molecule has 1 aromatic rings. The van der Waals surface area contributed by atoms with Crippen molar-refractivity contribution in [1.29, 1.82) is 0 Å². The molecule has 14 heavy (non-hydrogen) atoms. The second kappa shape index (κ2) is 4.77. The highest BCUT2D eigenvalue weighted by Gasteiger charge is 2.18. The molecule has 1 amide bonds. The van der Waals surface area contributed by atoms with Gasteiger partial charge in [-0.15, -0.1) is 0 Å². The van der Waals surface area contributed by atoms with Crippen LogP contribution in [0.2, 0.25) is 0 Å². The predicted octanol–water partition coefficient (Wildman–Crippen LogP) is 1.81. The van der Waals surface area contributed by atoms with Crippen molar-refractivity contribution in [3.05, 3.63) is 35.9 Å². The molecule has 0 saturated carbocycles. The Bertz CT molecular complexity index is 297. The van der Waals surface area contributed by atoms with Crippen LogP contribution in [0.1, 0.15) is 18.4 Å². The van der Waals surface area contributed by atoms with Crippen molar-refractivity contribution in [2.75, 3.05) is 14.2 Å². The van der Waals surface area contributed by atoms with Crippen molar-refractivity contribution in [1.82, 2.24) is 5.06 Å². The van der Waals surface area contributed by atoms with Gasteiger partial charge in [-0.2, -0.15) is 0 Å². The fraction of sp³-hybridized carbons (Fsp3) is 0.364. The Balaban J connectivity index is 2.76. The Kier molecular flexibility index (Phi) is 3.65. The van der Waals surface area contributed by atoms with E-state index in [9.17, 15) is 4.79 Å². The zero-order valence-electron chi connectivity index (χ0n) is 8.73. The number of likely N-dealkylation sites (N-methyl/N-ethyl adjacent to an activating group) is 1. The smallest absolute Gasteiger partial charge is 0.253 e. The topological polar surface area (TPSA) is 29.5 Å². The van der Waals surface area contributed by atoms with Crippen LogP contribution in [0, 0.1) is 0 Å². The summed E-state index contributed by atoms with van der Waals surface area (Å²) in [4.78, 5) is 16.5. The standard InChI is InChI=1S/C11H15NO2/c1-9(11(13)12(2)14-3)10-7-5-4-6-8-10/h4-9H,1-3H3/t9-/m0/s1. The van der Waals surface area contributed by atoms with Crippen LogP contribution in [-0.4, -0.2) is 25.1 Å². The van der Waals surface area contributed by atoms with Crippen molar-refractivity contribution < 1.29 is 9.63 Å². The van der Waals surface area contributed by atoms with E-state index >= 15 is 0 Å². The van der Waals surface area contributed by atoms with Crippen LogP contribution < -0.4 is 0 Å². The van der Waals surface area contributed by atoms with Crippen molar-refractivity contribution in [3.63, 3.8) is 0 Å². The molecule has 0 radical (unpaired) electrons. The minimum absolute atomic E-state index is 0.0429. The van der Waals surface area contributed by atoms with E-state index < -0.39 is 0 Å². The Morgan fingerprint density at radius 3 is 2.43 bits per heavy atom. The van der Waals surface area contributed by atoms with Crippen LogP contribution in [0.4, 0.5) is 0 Å². The quantitative estimate of drug-likeness (QED) is 0.685. The van der Waals surface area contributed by atoms with Crippen molar-refractivity contribution in [3.8, 4) is 0 Å². The maximum Gasteiger partial charge on any atom is 0.253 e. The number of amides is 1. The number of carbonyl (C=O) groups is 1. The molecule has 1 rings (SSSR count). The molecular weight excluding hydrogens is 178 g/mol. The van der Waals surface area contributed by atoms with Gasteiger partial charge in [-0.25, -0.2) is 5.06 Å². The van der Waals surface area contributed by atoms with Gasteiger partial charge in [0.05, 0.1) is 13.0 Å². The average molecular weight is 193 g/mol. The molecular formula is C11H15NO2. The number of carbonyl (C=O) groups excluding carboxylic acids is 1. The first kappa shape index (κ1) is 10.7. The van der Waals surface area contributed by atoms with Gasteiger partial charge in [0.2, 0.25) is 0 Å². The maximum atomic E-state index is 11.7. The third kappa shape index (κ3) is 2.33. The van der Waals surface area contributed by atoms with E-state index in [0.717, 1.165) is 5.56 Å². The van der Waals surface area contributed by atoms with E-state index in [4.69, 9.17) is 4.84 Å². The highest BCUT2D eigenvalue weighted by atomic mass is 16.7. The lowest BCUT2D eigenvalue weighted by molar-refractivity contribution is -0.170. The monoisotopic (exact) mass is 193 g/mol. The summed E-state index contributed by atoms with van der Waals surface area (Å²) in [7, 11) is 3.09. The van der Waals surface area contributed by atoms with Gasteiger partial charge in [0.25, 0.3) is 5.91 Å². The van der Waals surface area contributed by atoms with Gasteiger partial charge >= 0.3 is 0 Å². The third-order valence-corrected chi connectivity index (χ3v) is 2.25. The molecule has 0 unspecified atom stereocenters. The molecule has 0 spiro atoms. The molecule has 0 fully saturated rings. The summed E-state index contributed by atoms with van der Waals surface area (Å²) >= 11 is 0. The Hall–Kier alpha value is -1.35. The summed E-state index contributed by atoms with van der Waals surface area (Å²) in [6, 6.07) is 9.65. The van der Waals surface area contributed by atoms with Crippen LogP contribution in [0.5, 0.6) is 0 Å². The molecule has 0 heterocycles. The number of rotatable bonds is 3. The van der Waals surface area contributed by atoms with E-state index in [1.54, 1.807) is 7.05 Å². The van der Waals surface area contributed by atoms with E-state index in [1.165, 1.54) is 12.2 Å². The molecule has 3 heteroatoms. The molecule has 0 N–H and O–H groups in total. The van der Waals surface area contributed by atoms with E-state index in [2.05, 4.69) is 0 Å². The lowest BCUT2D eigenvalue weighted by atomic mass is 10.0. The summed E-state index contributed by atoms with van der Waals surface area (Å²) < 4.78 is 0. The largest absolute Gasteiger partial charge is 0.275 e. The lowest BCUT2D eigenvalue weighted by Gasteiger charge is -2.18. The van der Waals surface area contributed by atoms with E-state index in [0.29, 0.717) is 0 Å². The Morgan fingerprint density at radius 1 is 1.36 bits per heavy atom. The van der Waals surface area contributed by atoms with Gasteiger partial charge in [0.15, 0.2) is 0 Å². The number of nitrogens with zero attached hydrogens (tertiary/aromatic N) is 1. The average Bonchev–Trinajstić information content (AvgIpc) is 2.27. The van der Waals surface area contributed by atoms with Crippen LogP contribution >= 0.6 is 0 Å². The van der Waals surface area contributed by atoms with Crippen LogP contribution in [0.25, 0.3) is 0 Å². The summed E-state index contributed by atoms with van der Waals surface area (Å²) in [6.07, 6.45) is 0. The molecule has 1 atom stereocenters. The number of hydrogen-bond acceptors (Lipinski definition) is 2. The normalized spacial score (nSPS) is 12.2. The first-order valence-corrected chi connectivity index (χ1v) is 4.53. The van der Waals surface area contributed by atoms with Gasteiger partial charge < -0.3 is 0 Å². The molecule has 0 aromatic heterocycles. The summed E-state index contributed by atoms with van der Waals surface area (Å²) in [5.41, 5.74) is 1.00. The van der Waals surface area contributed by atoms with Crippen LogP contribution in [0.3, 0.4) is 0 Å². The molecule has 76 valence electrons. The van der Waals surface area contributed by atoms with Gasteiger partial charge in [-0.3, -0.25) is 9.63 Å². The van der Waals surface area contributed by atoms with Gasteiger partial charge in [0.1, 0.15) is 0 Å². The SMILES string of the molecule is CON(C)C(=O)[C@@H](C)c1ccccc1. The van der Waals surface area contributed by atoms with Crippen molar-refractivity contribution >= 4 is 5.91 Å². The first-order valence-electron chi connectivity index (χ1n) is 4.53. The van der Waals surface area contributed by atoms with Gasteiger partial charge in [-0.1, -0.05) is 30.3 Å². The van der Waals surface area contributed by atoms with Crippen molar-refractivity contribution in [2.24, 2.45) is 0 Å². The van der Waals surface area contributed by atoms with Crippen LogP contribution in [0.15, 0.2) is 30.3 Å². The van der Waals surface area contributed by atoms with Gasteiger partial charge in [-0.05, 0) is 12.5 Å². The highest BCUT2D eigenvalue weighted by molar-refractivity contribution is 5.82. The highest BCUT2D eigenvalue weighted by Crippen LogP contribution is 2.16. The zero-order chi connectivity index (χ0) is 10.6. The lowest BCUT2D eigenvalue weighted by Crippen LogP contribution is -2.29. The second-order valence-corrected chi connectivity index (χ2v) is 3.15. The Labute approximate surface area is 84.2 Å². The minimum Gasteiger partial charge on any atom is -0.275 e. The van der Waals surface area contributed by atoms with E-state index in [1.807, 2.05) is 37.3 Å². The molecule has 0 saturated heterocycles. The number of hydroxylamine groups is 2. The second-order valence-electron chi connectivity index (χ2n) is 3.15. The first-order chi connectivity index (χ1) is 6.66. The molecule has 0 bridgehead atoms. The molecule has 0 aliphatic rings. The third-order valence-electron chi connectivity index (χ3n) is 2.25. The maximum absolute atomic E-state index is 11.7. The van der Waals surface area contributed by atoms with Crippen molar-refractivity contribution in [2.45, 2.75) is 12.8 Å². The Morgan fingerprint density at radius 2 is 1.93 bits per heavy atom. The van der Waals surface area contributed by atoms with Crippen LogP contribution in [-0.2, 0) is 9.63 Å². The fourth-order valence-corrected chi connectivity index (χ4v) is 1.25. The summed E-state index contributed by atoms with van der Waals surface area (Å²) in [6.45, 7) is 1.87. The molecule has 0 aliphatic carbocycles.